The molecule has 1 aromatic heterocycles. The molecule has 0 fully saturated rings. The minimum absolute atomic E-state index is 0.0993. The summed E-state index contributed by atoms with van der Waals surface area (Å²) in [5.74, 6) is -0.0993. The number of hydrogen-bond acceptors (Lipinski definition) is 4. The van der Waals surface area contributed by atoms with Crippen LogP contribution in [0.25, 0.3) is 20.8 Å². The van der Waals surface area contributed by atoms with E-state index in [-0.39, 0.29) is 5.91 Å². The molecule has 150 valence electrons. The number of carbonyl (C=O) groups is 1. The summed E-state index contributed by atoms with van der Waals surface area (Å²) < 4.78 is 1.19. The molecule has 2 N–H and O–H groups in total. The van der Waals surface area contributed by atoms with Crippen LogP contribution in [0, 0.1) is 6.92 Å². The number of aromatic nitrogens is 1. The van der Waals surface area contributed by atoms with Crippen LogP contribution < -0.4 is 10.6 Å². The van der Waals surface area contributed by atoms with Crippen molar-refractivity contribution >= 4 is 50.5 Å². The third-order valence-corrected chi connectivity index (χ3v) is 5.94. The molecule has 6 heteroatoms. The van der Waals surface area contributed by atoms with Gasteiger partial charge < -0.3 is 10.6 Å². The predicted octanol–water partition coefficient (Wildman–Crippen LogP) is 5.72. The molecule has 4 rings (SSSR count). The number of aryl methyl sites for hydroxylation is 2. The molecule has 0 aliphatic heterocycles. The first-order chi connectivity index (χ1) is 14.6. The molecule has 1 amide bonds. The molecule has 4 nitrogen and oxygen atoms in total. The lowest BCUT2D eigenvalue weighted by Crippen LogP contribution is -2.34. The van der Waals surface area contributed by atoms with Gasteiger partial charge in [0.1, 0.15) is 5.01 Å². The van der Waals surface area contributed by atoms with E-state index in [4.69, 9.17) is 17.2 Å². The number of nitrogens with one attached hydrogen (secondary N) is 2. The van der Waals surface area contributed by atoms with E-state index in [2.05, 4.69) is 35.8 Å². The van der Waals surface area contributed by atoms with Crippen molar-refractivity contribution in [1.82, 2.24) is 10.3 Å². The Morgan fingerprint density at radius 3 is 2.57 bits per heavy atom. The fraction of sp³-hybridized carbons (Fsp3) is 0.125. The smallest absolute Gasteiger partial charge is 0.226 e. The minimum Gasteiger partial charge on any atom is -0.332 e. The van der Waals surface area contributed by atoms with Gasteiger partial charge in [-0.2, -0.15) is 0 Å². The first kappa shape index (κ1) is 20.2. The van der Waals surface area contributed by atoms with E-state index in [0.717, 1.165) is 27.3 Å². The van der Waals surface area contributed by atoms with E-state index in [1.54, 1.807) is 11.3 Å². The lowest BCUT2D eigenvalue weighted by Gasteiger charge is -2.10. The van der Waals surface area contributed by atoms with Gasteiger partial charge in [-0.3, -0.25) is 4.79 Å². The number of nitrogens with zero attached hydrogens (tertiary/aromatic N) is 1. The zero-order valence-corrected chi connectivity index (χ0v) is 18.1. The average molecular weight is 432 g/mol. The van der Waals surface area contributed by atoms with Crippen molar-refractivity contribution in [3.8, 4) is 10.6 Å². The van der Waals surface area contributed by atoms with Crippen LogP contribution in [0.15, 0.2) is 72.8 Å². The van der Waals surface area contributed by atoms with E-state index in [9.17, 15) is 4.79 Å². The van der Waals surface area contributed by atoms with Crippen LogP contribution in [0.5, 0.6) is 0 Å². The van der Waals surface area contributed by atoms with Crippen molar-refractivity contribution in [3.63, 3.8) is 0 Å². The number of thiazole rings is 1. The zero-order valence-electron chi connectivity index (χ0n) is 16.5. The Morgan fingerprint density at radius 1 is 1.03 bits per heavy atom. The number of thiocarbonyl (C=S) groups is 1. The molecule has 0 unspecified atom stereocenters. The summed E-state index contributed by atoms with van der Waals surface area (Å²) in [6.45, 7) is 2.09. The van der Waals surface area contributed by atoms with Crippen LogP contribution >= 0.6 is 23.6 Å². The number of fused-ring (bicyclic) bond motifs is 1. The Hall–Kier alpha value is -3.09. The summed E-state index contributed by atoms with van der Waals surface area (Å²) in [4.78, 5) is 16.8. The highest BCUT2D eigenvalue weighted by molar-refractivity contribution is 7.80. The van der Waals surface area contributed by atoms with Crippen LogP contribution in [0.4, 0.5) is 5.69 Å². The van der Waals surface area contributed by atoms with E-state index in [0.29, 0.717) is 18.0 Å². The molecule has 30 heavy (non-hydrogen) atoms. The number of rotatable bonds is 5. The topological polar surface area (TPSA) is 54.0 Å². The summed E-state index contributed by atoms with van der Waals surface area (Å²) >= 11 is 6.95. The number of anilines is 1. The standard InChI is InChI=1S/C24H21N3OS2/c1-16-7-13-20-21(15-16)30-23(26-20)18-9-11-19(12-10-18)25-24(29)27-22(28)14-8-17-5-3-2-4-6-17/h2-7,9-13,15H,8,14H2,1H3,(H2,25,27,28,29). The number of benzene rings is 3. The van der Waals surface area contributed by atoms with E-state index >= 15 is 0 Å². The monoisotopic (exact) mass is 431 g/mol. The van der Waals surface area contributed by atoms with Gasteiger partial charge in [0.15, 0.2) is 5.11 Å². The van der Waals surface area contributed by atoms with Gasteiger partial charge >= 0.3 is 0 Å². The molecule has 0 atom stereocenters. The second-order valence-electron chi connectivity index (χ2n) is 7.06. The lowest BCUT2D eigenvalue weighted by molar-refractivity contribution is -0.119. The van der Waals surface area contributed by atoms with Crippen LogP contribution in [0.3, 0.4) is 0 Å². The molecule has 4 aromatic rings. The highest BCUT2D eigenvalue weighted by Crippen LogP contribution is 2.31. The Labute approximate surface area is 185 Å². The number of carbonyl (C=O) groups excluding carboxylic acids is 1. The molecule has 0 radical (unpaired) electrons. The fourth-order valence-corrected chi connectivity index (χ4v) is 4.41. The van der Waals surface area contributed by atoms with Gasteiger partial charge in [0.05, 0.1) is 10.2 Å². The molecule has 0 saturated carbocycles. The highest BCUT2D eigenvalue weighted by atomic mass is 32.1. The third-order valence-electron chi connectivity index (χ3n) is 4.67. The molecule has 1 heterocycles. The van der Waals surface area contributed by atoms with E-state index in [1.165, 1.54) is 10.3 Å². The summed E-state index contributed by atoms with van der Waals surface area (Å²) in [7, 11) is 0. The Morgan fingerprint density at radius 2 is 1.80 bits per heavy atom. The van der Waals surface area contributed by atoms with Gasteiger partial charge in [0, 0.05) is 17.7 Å². The molecule has 0 saturated heterocycles. The van der Waals surface area contributed by atoms with Crippen LogP contribution in [-0.2, 0) is 11.2 Å². The van der Waals surface area contributed by atoms with Gasteiger partial charge in [-0.15, -0.1) is 11.3 Å². The second kappa shape index (κ2) is 9.15. The van der Waals surface area contributed by atoms with Crippen LogP contribution in [-0.4, -0.2) is 16.0 Å². The van der Waals surface area contributed by atoms with Gasteiger partial charge in [0.25, 0.3) is 0 Å². The lowest BCUT2D eigenvalue weighted by atomic mass is 10.1. The Balaban J connectivity index is 1.33. The second-order valence-corrected chi connectivity index (χ2v) is 8.49. The van der Waals surface area contributed by atoms with Gasteiger partial charge in [0.2, 0.25) is 5.91 Å². The Bertz CT molecular complexity index is 1180. The third kappa shape index (κ3) is 5.09. The van der Waals surface area contributed by atoms with Crippen molar-refractivity contribution < 1.29 is 4.79 Å². The first-order valence-corrected chi connectivity index (χ1v) is 10.9. The van der Waals surface area contributed by atoms with E-state index in [1.807, 2.05) is 54.6 Å². The largest absolute Gasteiger partial charge is 0.332 e. The summed E-state index contributed by atoms with van der Waals surface area (Å²) in [5.41, 5.74) is 5.26. The van der Waals surface area contributed by atoms with Gasteiger partial charge in [-0.25, -0.2) is 4.98 Å². The summed E-state index contributed by atoms with van der Waals surface area (Å²) in [6, 6.07) is 24.1. The van der Waals surface area contributed by atoms with Crippen LogP contribution in [0.1, 0.15) is 17.5 Å². The average Bonchev–Trinajstić information content (AvgIpc) is 3.16. The highest BCUT2D eigenvalue weighted by Gasteiger charge is 2.08. The molecule has 0 spiro atoms. The Kier molecular flexibility index (Phi) is 6.16. The maximum absolute atomic E-state index is 12.1. The van der Waals surface area contributed by atoms with Crippen molar-refractivity contribution in [2.24, 2.45) is 0 Å². The van der Waals surface area contributed by atoms with Crippen molar-refractivity contribution in [3.05, 3.63) is 83.9 Å². The predicted molar refractivity (Wildman–Crippen MR) is 129 cm³/mol. The SMILES string of the molecule is Cc1ccc2nc(-c3ccc(NC(=S)NC(=O)CCc4ccccc4)cc3)sc2c1. The normalized spacial score (nSPS) is 10.7. The maximum atomic E-state index is 12.1. The maximum Gasteiger partial charge on any atom is 0.226 e. The number of hydrogen-bond donors (Lipinski definition) is 2. The van der Waals surface area contributed by atoms with Crippen LogP contribution in [0.2, 0.25) is 0 Å². The van der Waals surface area contributed by atoms with Crippen molar-refractivity contribution in [2.45, 2.75) is 19.8 Å². The first-order valence-electron chi connectivity index (χ1n) is 9.69. The van der Waals surface area contributed by atoms with Gasteiger partial charge in [-0.1, -0.05) is 36.4 Å². The molecular formula is C24H21N3OS2. The molecule has 0 aliphatic carbocycles. The van der Waals surface area contributed by atoms with Gasteiger partial charge in [-0.05, 0) is 73.1 Å². The minimum atomic E-state index is -0.0993. The molecule has 0 aliphatic rings. The zero-order chi connectivity index (χ0) is 20.9. The molecule has 0 bridgehead atoms. The molecular weight excluding hydrogens is 410 g/mol. The number of amides is 1. The van der Waals surface area contributed by atoms with Crippen molar-refractivity contribution in [1.29, 1.82) is 0 Å². The summed E-state index contributed by atoms with van der Waals surface area (Å²) in [5, 5.41) is 7.09. The quantitative estimate of drug-likeness (QED) is 0.397. The van der Waals surface area contributed by atoms with Crippen molar-refractivity contribution in [2.75, 3.05) is 5.32 Å². The summed E-state index contributed by atoms with van der Waals surface area (Å²) in [6.07, 6.45) is 1.08. The van der Waals surface area contributed by atoms with E-state index < -0.39 is 0 Å². The molecule has 3 aromatic carbocycles. The fourth-order valence-electron chi connectivity index (χ4n) is 3.11.